The first-order valence-corrected chi connectivity index (χ1v) is 5.45. The van der Waals surface area contributed by atoms with E-state index in [0.29, 0.717) is 31.9 Å². The highest BCUT2D eigenvalue weighted by atomic mass is 16.5. The molecule has 1 aliphatic rings. The van der Waals surface area contributed by atoms with Crippen LogP contribution in [0.4, 0.5) is 0 Å². The highest BCUT2D eigenvalue weighted by Crippen LogP contribution is 2.14. The number of carbonyl (C=O) groups is 1. The van der Waals surface area contributed by atoms with Gasteiger partial charge in [-0.15, -0.1) is 0 Å². The lowest BCUT2D eigenvalue weighted by atomic mass is 10.0. The fraction of sp³-hybridized carbons (Fsp3) is 0.417. The minimum Gasteiger partial charge on any atom is -0.379 e. The molecule has 0 aromatic heterocycles. The van der Waals surface area contributed by atoms with Crippen LogP contribution >= 0.6 is 0 Å². The molecule has 1 atom stereocenters. The Hall–Kier alpha value is -1.43. The standard InChI is InChI=1S/C12H18N2O3/c1-3-5-10(4-2)11(12(15)13-16)14-6-8-17-9-7-14/h3-5,11,16H,1-2,6-9H2,(H,13,15)/b10-5+. The molecule has 5 heteroatoms. The lowest BCUT2D eigenvalue weighted by molar-refractivity contribution is -0.134. The quantitative estimate of drug-likeness (QED) is 0.416. The van der Waals surface area contributed by atoms with E-state index in [1.807, 2.05) is 4.90 Å². The number of allylic oxidation sites excluding steroid dienone is 2. The van der Waals surface area contributed by atoms with Gasteiger partial charge in [0.1, 0.15) is 6.04 Å². The van der Waals surface area contributed by atoms with Gasteiger partial charge in [0.2, 0.25) is 0 Å². The summed E-state index contributed by atoms with van der Waals surface area (Å²) in [5.41, 5.74) is 2.39. The predicted octanol–water partition coefficient (Wildman–Crippen LogP) is 0.491. The Kier molecular flexibility index (Phi) is 5.62. The summed E-state index contributed by atoms with van der Waals surface area (Å²) in [7, 11) is 0. The van der Waals surface area contributed by atoms with Crippen LogP contribution in [0.25, 0.3) is 0 Å². The van der Waals surface area contributed by atoms with Crippen molar-refractivity contribution < 1.29 is 14.7 Å². The molecule has 1 saturated heterocycles. The van der Waals surface area contributed by atoms with Crippen molar-refractivity contribution in [1.29, 1.82) is 0 Å². The molecule has 1 fully saturated rings. The summed E-state index contributed by atoms with van der Waals surface area (Å²) in [6.07, 6.45) is 4.90. The van der Waals surface area contributed by atoms with Crippen molar-refractivity contribution in [1.82, 2.24) is 10.4 Å². The second kappa shape index (κ2) is 7.01. The summed E-state index contributed by atoms with van der Waals surface area (Å²) >= 11 is 0. The Morgan fingerprint density at radius 2 is 2.06 bits per heavy atom. The van der Waals surface area contributed by atoms with Gasteiger partial charge in [-0.2, -0.15) is 0 Å². The zero-order chi connectivity index (χ0) is 12.7. The number of hydrogen-bond acceptors (Lipinski definition) is 4. The van der Waals surface area contributed by atoms with E-state index in [1.54, 1.807) is 23.7 Å². The van der Waals surface area contributed by atoms with Crippen LogP contribution in [0.15, 0.2) is 37.0 Å². The maximum Gasteiger partial charge on any atom is 0.265 e. The molecule has 0 aliphatic carbocycles. The fourth-order valence-electron chi connectivity index (χ4n) is 1.83. The monoisotopic (exact) mass is 238 g/mol. The molecule has 0 aromatic rings. The van der Waals surface area contributed by atoms with Crippen molar-refractivity contribution in [2.45, 2.75) is 6.04 Å². The summed E-state index contributed by atoms with van der Waals surface area (Å²) in [5, 5.41) is 8.80. The Labute approximate surface area is 101 Å². The molecule has 0 aromatic carbocycles. The molecular weight excluding hydrogens is 220 g/mol. The molecule has 0 radical (unpaired) electrons. The van der Waals surface area contributed by atoms with Crippen molar-refractivity contribution in [3.63, 3.8) is 0 Å². The van der Waals surface area contributed by atoms with Gasteiger partial charge in [0.25, 0.3) is 5.91 Å². The van der Waals surface area contributed by atoms with Crippen molar-refractivity contribution in [3.05, 3.63) is 37.0 Å². The van der Waals surface area contributed by atoms with Gasteiger partial charge in [-0.1, -0.05) is 31.4 Å². The van der Waals surface area contributed by atoms with Gasteiger partial charge < -0.3 is 4.74 Å². The van der Waals surface area contributed by atoms with E-state index in [1.165, 1.54) is 0 Å². The number of carbonyl (C=O) groups excluding carboxylic acids is 1. The van der Waals surface area contributed by atoms with Crippen LogP contribution in [0.1, 0.15) is 0 Å². The predicted molar refractivity (Wildman–Crippen MR) is 64.6 cm³/mol. The first-order chi connectivity index (χ1) is 8.24. The number of rotatable bonds is 5. The fourth-order valence-corrected chi connectivity index (χ4v) is 1.83. The van der Waals surface area contributed by atoms with Crippen molar-refractivity contribution in [3.8, 4) is 0 Å². The lowest BCUT2D eigenvalue weighted by Crippen LogP contribution is -2.51. The van der Waals surface area contributed by atoms with Gasteiger partial charge in [0.05, 0.1) is 13.2 Å². The number of morpholine rings is 1. The number of nitrogens with zero attached hydrogens (tertiary/aromatic N) is 1. The minimum absolute atomic E-state index is 0.472. The normalized spacial score (nSPS) is 19.5. The van der Waals surface area contributed by atoms with E-state index in [4.69, 9.17) is 9.94 Å². The SMILES string of the molecule is C=C/C=C(\C=C)C(C(=O)NO)N1CCOCC1. The van der Waals surface area contributed by atoms with Gasteiger partial charge in [-0.05, 0) is 5.57 Å². The number of hydroxylamine groups is 1. The molecule has 94 valence electrons. The Bertz CT molecular complexity index is 320. The summed E-state index contributed by atoms with van der Waals surface area (Å²) < 4.78 is 5.24. The first kappa shape index (κ1) is 13.6. The Morgan fingerprint density at radius 3 is 2.53 bits per heavy atom. The molecule has 1 unspecified atom stereocenters. The Morgan fingerprint density at radius 1 is 1.41 bits per heavy atom. The third-order valence-electron chi connectivity index (χ3n) is 2.63. The van der Waals surface area contributed by atoms with E-state index in [9.17, 15) is 4.79 Å². The molecule has 0 spiro atoms. The van der Waals surface area contributed by atoms with Crippen LogP contribution in [0.3, 0.4) is 0 Å². The van der Waals surface area contributed by atoms with Gasteiger partial charge in [-0.3, -0.25) is 14.9 Å². The smallest absolute Gasteiger partial charge is 0.265 e. The maximum absolute atomic E-state index is 11.7. The van der Waals surface area contributed by atoms with Crippen molar-refractivity contribution in [2.24, 2.45) is 0 Å². The van der Waals surface area contributed by atoms with Crippen LogP contribution in [0.2, 0.25) is 0 Å². The first-order valence-electron chi connectivity index (χ1n) is 5.45. The number of hydrogen-bond donors (Lipinski definition) is 2. The zero-order valence-corrected chi connectivity index (χ0v) is 9.76. The summed E-state index contributed by atoms with van der Waals surface area (Å²) in [6, 6.07) is -0.556. The van der Waals surface area contributed by atoms with E-state index in [-0.39, 0.29) is 0 Å². The van der Waals surface area contributed by atoms with Crippen molar-refractivity contribution in [2.75, 3.05) is 26.3 Å². The highest BCUT2D eigenvalue weighted by molar-refractivity contribution is 5.84. The van der Waals surface area contributed by atoms with Crippen molar-refractivity contribution >= 4 is 5.91 Å². The minimum atomic E-state index is -0.556. The van der Waals surface area contributed by atoms with Crippen LogP contribution in [0, 0.1) is 0 Å². The van der Waals surface area contributed by atoms with Crippen LogP contribution in [-0.4, -0.2) is 48.4 Å². The molecule has 5 nitrogen and oxygen atoms in total. The molecule has 17 heavy (non-hydrogen) atoms. The molecular formula is C12H18N2O3. The van der Waals surface area contributed by atoms with E-state index >= 15 is 0 Å². The molecule has 1 heterocycles. The Balaban J connectivity index is 2.92. The second-order valence-corrected chi connectivity index (χ2v) is 3.63. The van der Waals surface area contributed by atoms with Gasteiger partial charge >= 0.3 is 0 Å². The van der Waals surface area contributed by atoms with E-state index in [0.717, 1.165) is 0 Å². The summed E-state index contributed by atoms with van der Waals surface area (Å²) in [4.78, 5) is 13.7. The van der Waals surface area contributed by atoms with Crippen LogP contribution < -0.4 is 5.48 Å². The number of amides is 1. The second-order valence-electron chi connectivity index (χ2n) is 3.63. The molecule has 1 amide bonds. The van der Waals surface area contributed by atoms with E-state index in [2.05, 4.69) is 13.2 Å². The summed E-state index contributed by atoms with van der Waals surface area (Å²) in [5.74, 6) is -0.472. The topological polar surface area (TPSA) is 61.8 Å². The maximum atomic E-state index is 11.7. The average Bonchev–Trinajstić information content (AvgIpc) is 2.39. The molecule has 0 bridgehead atoms. The van der Waals surface area contributed by atoms with Gasteiger partial charge in [-0.25, -0.2) is 5.48 Å². The molecule has 2 N–H and O–H groups in total. The van der Waals surface area contributed by atoms with Gasteiger partial charge in [0.15, 0.2) is 0 Å². The van der Waals surface area contributed by atoms with Gasteiger partial charge in [0, 0.05) is 13.1 Å². The number of ether oxygens (including phenoxy) is 1. The number of nitrogens with one attached hydrogen (secondary N) is 1. The highest BCUT2D eigenvalue weighted by Gasteiger charge is 2.29. The average molecular weight is 238 g/mol. The lowest BCUT2D eigenvalue weighted by Gasteiger charge is -2.33. The molecule has 0 saturated carbocycles. The third kappa shape index (κ3) is 3.52. The largest absolute Gasteiger partial charge is 0.379 e. The zero-order valence-electron chi connectivity index (χ0n) is 9.76. The van der Waals surface area contributed by atoms with E-state index < -0.39 is 11.9 Å². The molecule has 1 aliphatic heterocycles. The summed E-state index contributed by atoms with van der Waals surface area (Å²) in [6.45, 7) is 9.71. The molecule has 1 rings (SSSR count). The van der Waals surface area contributed by atoms with Crippen LogP contribution in [0.5, 0.6) is 0 Å². The van der Waals surface area contributed by atoms with Crippen LogP contribution in [-0.2, 0) is 9.53 Å². The third-order valence-corrected chi connectivity index (χ3v) is 2.63.